The van der Waals surface area contributed by atoms with Gasteiger partial charge < -0.3 is 10.1 Å². The number of methoxy groups -OCH3 is 1. The Kier molecular flexibility index (Phi) is 1.86. The van der Waals surface area contributed by atoms with Crippen LogP contribution >= 0.6 is 0 Å². The Labute approximate surface area is 50.2 Å². The fourth-order valence-corrected chi connectivity index (χ4v) is 1.07. The third kappa shape index (κ3) is 1.20. The van der Waals surface area contributed by atoms with E-state index in [1.807, 2.05) is 0 Å². The van der Waals surface area contributed by atoms with E-state index in [4.69, 9.17) is 4.74 Å². The summed E-state index contributed by atoms with van der Waals surface area (Å²) in [5.74, 6) is 0. The number of nitrogens with one attached hydrogen (secondary N) is 1. The van der Waals surface area contributed by atoms with E-state index in [2.05, 4.69) is 12.2 Å². The van der Waals surface area contributed by atoms with E-state index in [1.54, 1.807) is 7.11 Å². The monoisotopic (exact) mass is 115 g/mol. The molecule has 1 rings (SSSR count). The molecular weight excluding hydrogens is 102 g/mol. The van der Waals surface area contributed by atoms with Crippen LogP contribution in [-0.2, 0) is 4.74 Å². The summed E-state index contributed by atoms with van der Waals surface area (Å²) >= 11 is 0. The van der Waals surface area contributed by atoms with Gasteiger partial charge in [-0.15, -0.1) is 0 Å². The van der Waals surface area contributed by atoms with Crippen LogP contribution in [0.3, 0.4) is 0 Å². The molecule has 2 heteroatoms. The summed E-state index contributed by atoms with van der Waals surface area (Å²) in [7, 11) is 1.77. The first-order valence-electron chi connectivity index (χ1n) is 3.09. The van der Waals surface area contributed by atoms with Gasteiger partial charge in [-0.25, -0.2) is 0 Å². The summed E-state index contributed by atoms with van der Waals surface area (Å²) in [5.41, 5.74) is 0. The second kappa shape index (κ2) is 2.46. The first-order chi connectivity index (χ1) is 3.83. The fraction of sp³-hybridized carbons (Fsp3) is 1.00. The molecule has 2 atom stereocenters. The molecule has 0 spiro atoms. The van der Waals surface area contributed by atoms with Gasteiger partial charge in [0.05, 0.1) is 6.10 Å². The number of hydrogen-bond donors (Lipinski definition) is 1. The van der Waals surface area contributed by atoms with Crippen LogP contribution in [0.1, 0.15) is 13.3 Å². The lowest BCUT2D eigenvalue weighted by Crippen LogP contribution is -2.18. The second-order valence-electron chi connectivity index (χ2n) is 2.40. The fourth-order valence-electron chi connectivity index (χ4n) is 1.07. The van der Waals surface area contributed by atoms with Crippen LogP contribution in [-0.4, -0.2) is 25.8 Å². The van der Waals surface area contributed by atoms with Crippen LogP contribution in [0, 0.1) is 0 Å². The summed E-state index contributed by atoms with van der Waals surface area (Å²) in [6.45, 7) is 3.21. The minimum atomic E-state index is 0.463. The predicted molar refractivity (Wildman–Crippen MR) is 32.9 cm³/mol. The third-order valence-electron chi connectivity index (χ3n) is 1.64. The van der Waals surface area contributed by atoms with Gasteiger partial charge in [0.15, 0.2) is 0 Å². The molecule has 0 aromatic rings. The van der Waals surface area contributed by atoms with Gasteiger partial charge in [-0.2, -0.15) is 0 Å². The Balaban J connectivity index is 2.22. The summed E-state index contributed by atoms with van der Waals surface area (Å²) in [4.78, 5) is 0. The smallest absolute Gasteiger partial charge is 0.0710 e. The van der Waals surface area contributed by atoms with Crippen molar-refractivity contribution in [1.82, 2.24) is 5.32 Å². The minimum absolute atomic E-state index is 0.463. The van der Waals surface area contributed by atoms with Crippen molar-refractivity contribution in [3.63, 3.8) is 0 Å². The van der Waals surface area contributed by atoms with E-state index in [-0.39, 0.29) is 0 Å². The highest BCUT2D eigenvalue weighted by Gasteiger charge is 2.18. The zero-order chi connectivity index (χ0) is 5.98. The predicted octanol–water partition coefficient (Wildman–Crippen LogP) is 0.383. The quantitative estimate of drug-likeness (QED) is 0.533. The number of rotatable bonds is 1. The van der Waals surface area contributed by atoms with Crippen molar-refractivity contribution in [3.8, 4) is 0 Å². The van der Waals surface area contributed by atoms with Crippen LogP contribution in [0.5, 0.6) is 0 Å². The molecule has 1 heterocycles. The molecule has 0 aromatic carbocycles. The number of ether oxygens (including phenoxy) is 1. The average Bonchev–Trinajstić information content (AvgIpc) is 2.14. The molecule has 48 valence electrons. The van der Waals surface area contributed by atoms with Crippen LogP contribution in [0.2, 0.25) is 0 Å². The molecule has 0 aromatic heterocycles. The molecule has 8 heavy (non-hydrogen) atoms. The molecule has 1 fully saturated rings. The Morgan fingerprint density at radius 1 is 1.62 bits per heavy atom. The Bertz CT molecular complexity index is 74.9. The van der Waals surface area contributed by atoms with Crippen molar-refractivity contribution in [2.24, 2.45) is 0 Å². The molecule has 0 saturated carbocycles. The van der Waals surface area contributed by atoms with Crippen molar-refractivity contribution in [2.75, 3.05) is 13.7 Å². The molecule has 0 amide bonds. The van der Waals surface area contributed by atoms with E-state index >= 15 is 0 Å². The van der Waals surface area contributed by atoms with E-state index in [1.165, 1.54) is 0 Å². The molecule has 0 bridgehead atoms. The molecule has 0 radical (unpaired) electrons. The first kappa shape index (κ1) is 6.05. The highest BCUT2D eigenvalue weighted by Crippen LogP contribution is 2.07. The lowest BCUT2D eigenvalue weighted by atomic mass is 10.2. The zero-order valence-electron chi connectivity index (χ0n) is 5.48. The van der Waals surface area contributed by atoms with Crippen molar-refractivity contribution >= 4 is 0 Å². The summed E-state index contributed by atoms with van der Waals surface area (Å²) < 4.78 is 5.12. The first-order valence-corrected chi connectivity index (χ1v) is 3.09. The normalized spacial score (nSPS) is 38.2. The molecule has 1 saturated heterocycles. The van der Waals surface area contributed by atoms with E-state index in [0.717, 1.165) is 13.0 Å². The number of hydrogen-bond acceptors (Lipinski definition) is 2. The van der Waals surface area contributed by atoms with Gasteiger partial charge in [0, 0.05) is 19.7 Å². The lowest BCUT2D eigenvalue weighted by molar-refractivity contribution is 0.118. The Morgan fingerprint density at radius 2 is 2.38 bits per heavy atom. The van der Waals surface area contributed by atoms with Crippen LogP contribution in [0.25, 0.3) is 0 Å². The Hall–Kier alpha value is -0.0800. The standard InChI is InChI=1S/C6H13NO/c1-5-3-6(8-2)4-7-5/h5-7H,3-4H2,1-2H3/t5-,6+/m0/s1. The summed E-state index contributed by atoms with van der Waals surface area (Å²) in [6.07, 6.45) is 1.63. The van der Waals surface area contributed by atoms with Gasteiger partial charge in [0.1, 0.15) is 0 Å². The average molecular weight is 115 g/mol. The summed E-state index contributed by atoms with van der Waals surface area (Å²) in [5, 5.41) is 3.30. The zero-order valence-corrected chi connectivity index (χ0v) is 5.48. The van der Waals surface area contributed by atoms with Gasteiger partial charge in [0.25, 0.3) is 0 Å². The third-order valence-corrected chi connectivity index (χ3v) is 1.64. The van der Waals surface area contributed by atoms with Crippen molar-refractivity contribution in [2.45, 2.75) is 25.5 Å². The topological polar surface area (TPSA) is 21.3 Å². The van der Waals surface area contributed by atoms with Gasteiger partial charge in [0.2, 0.25) is 0 Å². The van der Waals surface area contributed by atoms with E-state index < -0.39 is 0 Å². The van der Waals surface area contributed by atoms with Gasteiger partial charge in [-0.3, -0.25) is 0 Å². The lowest BCUT2D eigenvalue weighted by Gasteiger charge is -2.02. The van der Waals surface area contributed by atoms with Gasteiger partial charge in [-0.05, 0) is 13.3 Å². The van der Waals surface area contributed by atoms with Gasteiger partial charge >= 0.3 is 0 Å². The molecule has 1 aliphatic heterocycles. The van der Waals surface area contributed by atoms with Crippen molar-refractivity contribution in [1.29, 1.82) is 0 Å². The highest BCUT2D eigenvalue weighted by atomic mass is 16.5. The van der Waals surface area contributed by atoms with Gasteiger partial charge in [-0.1, -0.05) is 0 Å². The molecule has 0 aliphatic carbocycles. The maximum Gasteiger partial charge on any atom is 0.0710 e. The minimum Gasteiger partial charge on any atom is -0.380 e. The van der Waals surface area contributed by atoms with E-state index in [0.29, 0.717) is 12.1 Å². The summed E-state index contributed by atoms with van der Waals surface area (Å²) in [6, 6.07) is 0.653. The van der Waals surface area contributed by atoms with Crippen molar-refractivity contribution in [3.05, 3.63) is 0 Å². The van der Waals surface area contributed by atoms with E-state index in [9.17, 15) is 0 Å². The largest absolute Gasteiger partial charge is 0.380 e. The maximum absolute atomic E-state index is 5.12. The maximum atomic E-state index is 5.12. The SMILES string of the molecule is CO[C@H]1CN[C@@H](C)C1. The molecule has 2 nitrogen and oxygen atoms in total. The molecule has 1 N–H and O–H groups in total. The van der Waals surface area contributed by atoms with Crippen LogP contribution < -0.4 is 5.32 Å². The van der Waals surface area contributed by atoms with Crippen LogP contribution in [0.15, 0.2) is 0 Å². The second-order valence-corrected chi connectivity index (χ2v) is 2.40. The highest BCUT2D eigenvalue weighted by molar-refractivity contribution is 4.77. The Morgan fingerprint density at radius 3 is 2.62 bits per heavy atom. The van der Waals surface area contributed by atoms with Crippen molar-refractivity contribution < 1.29 is 4.74 Å². The van der Waals surface area contributed by atoms with Crippen LogP contribution in [0.4, 0.5) is 0 Å². The molecule has 0 unspecified atom stereocenters. The molecule has 1 aliphatic rings. The molecular formula is C6H13NO.